The van der Waals surface area contributed by atoms with Crippen LogP contribution in [0.1, 0.15) is 30.0 Å². The summed E-state index contributed by atoms with van der Waals surface area (Å²) >= 11 is 0. The highest BCUT2D eigenvalue weighted by Gasteiger charge is 2.18. The van der Waals surface area contributed by atoms with Crippen molar-refractivity contribution in [2.24, 2.45) is 0 Å². The monoisotopic (exact) mass is 358 g/mol. The summed E-state index contributed by atoms with van der Waals surface area (Å²) in [5, 5.41) is 7.66. The van der Waals surface area contributed by atoms with Crippen molar-refractivity contribution >= 4 is 22.6 Å². The highest BCUT2D eigenvalue weighted by Crippen LogP contribution is 2.26. The number of aromatic nitrogens is 2. The Kier molecular flexibility index (Phi) is 5.37. The molecule has 3 rings (SSSR count). The molecule has 1 N–H and O–H groups in total. The van der Waals surface area contributed by atoms with Gasteiger partial charge in [0.15, 0.2) is 5.76 Å². The third-order valence-electron chi connectivity index (χ3n) is 4.54. The Hall–Kier alpha value is -2.67. The standard InChI is InChI=1S/C19H23FN4O2/c1-4-23(5-2)8-9-24-12-15(11-21-24)22-19(25)18-13(3)16-10-14(20)6-7-17(16)26-18/h6-7,10-12H,4-5,8-9H2,1-3H3,(H,22,25). The minimum absolute atomic E-state index is 0.182. The molecule has 0 aliphatic heterocycles. The zero-order valence-corrected chi connectivity index (χ0v) is 15.3. The number of hydrogen-bond donors (Lipinski definition) is 1. The van der Waals surface area contributed by atoms with Crippen molar-refractivity contribution in [3.63, 3.8) is 0 Å². The molecule has 0 saturated carbocycles. The van der Waals surface area contributed by atoms with Gasteiger partial charge in [-0.1, -0.05) is 13.8 Å². The molecule has 2 aromatic heterocycles. The Bertz CT molecular complexity index is 912. The average molecular weight is 358 g/mol. The van der Waals surface area contributed by atoms with E-state index in [1.807, 2.05) is 0 Å². The number of furan rings is 1. The zero-order valence-electron chi connectivity index (χ0n) is 15.3. The van der Waals surface area contributed by atoms with E-state index in [0.717, 1.165) is 26.2 Å². The number of fused-ring (bicyclic) bond motifs is 1. The van der Waals surface area contributed by atoms with E-state index in [1.165, 1.54) is 18.2 Å². The number of likely N-dealkylation sites (N-methyl/N-ethyl adjacent to an activating group) is 1. The molecule has 0 fully saturated rings. The summed E-state index contributed by atoms with van der Waals surface area (Å²) in [5.74, 6) is -0.549. The van der Waals surface area contributed by atoms with Crippen LogP contribution in [-0.2, 0) is 6.54 Å². The molecule has 2 heterocycles. The molecule has 0 unspecified atom stereocenters. The van der Waals surface area contributed by atoms with E-state index in [0.29, 0.717) is 22.2 Å². The summed E-state index contributed by atoms with van der Waals surface area (Å²) in [6.07, 6.45) is 3.40. The minimum atomic E-state index is -0.373. The van der Waals surface area contributed by atoms with Gasteiger partial charge in [-0.15, -0.1) is 0 Å². The van der Waals surface area contributed by atoms with Crippen LogP contribution < -0.4 is 5.32 Å². The smallest absolute Gasteiger partial charge is 0.291 e. The van der Waals surface area contributed by atoms with E-state index in [1.54, 1.807) is 24.0 Å². The van der Waals surface area contributed by atoms with Gasteiger partial charge in [0.05, 0.1) is 18.4 Å². The van der Waals surface area contributed by atoms with Crippen molar-refractivity contribution in [2.75, 3.05) is 25.0 Å². The first kappa shape index (κ1) is 18.1. The lowest BCUT2D eigenvalue weighted by Crippen LogP contribution is -2.27. The molecule has 0 saturated heterocycles. The van der Waals surface area contributed by atoms with Crippen LogP contribution in [0.2, 0.25) is 0 Å². The second-order valence-electron chi connectivity index (χ2n) is 6.17. The summed E-state index contributed by atoms with van der Waals surface area (Å²) in [4.78, 5) is 14.8. The molecule has 0 aliphatic carbocycles. The van der Waals surface area contributed by atoms with Crippen molar-refractivity contribution in [3.8, 4) is 0 Å². The van der Waals surface area contributed by atoms with Gasteiger partial charge in [0, 0.05) is 23.7 Å². The fourth-order valence-corrected chi connectivity index (χ4v) is 2.93. The number of anilines is 1. The number of benzene rings is 1. The van der Waals surface area contributed by atoms with E-state index in [4.69, 9.17) is 4.42 Å². The van der Waals surface area contributed by atoms with Crippen LogP contribution in [0.25, 0.3) is 11.0 Å². The first-order chi connectivity index (χ1) is 12.5. The number of carbonyl (C=O) groups excluding carboxylic acids is 1. The summed E-state index contributed by atoms with van der Waals surface area (Å²) in [6.45, 7) is 9.63. The van der Waals surface area contributed by atoms with Crippen molar-refractivity contribution in [1.82, 2.24) is 14.7 Å². The normalized spacial score (nSPS) is 11.4. The molecule has 7 heteroatoms. The molecular formula is C19H23FN4O2. The third-order valence-corrected chi connectivity index (χ3v) is 4.54. The molecule has 0 spiro atoms. The molecule has 26 heavy (non-hydrogen) atoms. The lowest BCUT2D eigenvalue weighted by atomic mass is 10.1. The van der Waals surface area contributed by atoms with Crippen LogP contribution >= 0.6 is 0 Å². The Labute approximate surface area is 151 Å². The van der Waals surface area contributed by atoms with Crippen molar-refractivity contribution < 1.29 is 13.6 Å². The quantitative estimate of drug-likeness (QED) is 0.700. The lowest BCUT2D eigenvalue weighted by Gasteiger charge is -2.17. The van der Waals surface area contributed by atoms with Gasteiger partial charge >= 0.3 is 0 Å². The van der Waals surface area contributed by atoms with E-state index in [9.17, 15) is 9.18 Å². The SMILES string of the molecule is CCN(CC)CCn1cc(NC(=O)c2oc3ccc(F)cc3c2C)cn1. The van der Waals surface area contributed by atoms with Crippen LogP contribution in [0.5, 0.6) is 0 Å². The second kappa shape index (κ2) is 7.70. The first-order valence-electron chi connectivity index (χ1n) is 8.76. The Morgan fingerprint density at radius 1 is 1.35 bits per heavy atom. The zero-order chi connectivity index (χ0) is 18.7. The molecule has 0 bridgehead atoms. The van der Waals surface area contributed by atoms with Crippen molar-refractivity contribution in [1.29, 1.82) is 0 Å². The topological polar surface area (TPSA) is 63.3 Å². The number of hydrogen-bond acceptors (Lipinski definition) is 4. The van der Waals surface area contributed by atoms with Crippen LogP contribution in [0.3, 0.4) is 0 Å². The van der Waals surface area contributed by atoms with Gasteiger partial charge in [0.2, 0.25) is 0 Å². The lowest BCUT2D eigenvalue weighted by molar-refractivity contribution is 0.0998. The minimum Gasteiger partial charge on any atom is -0.451 e. The fraction of sp³-hybridized carbons (Fsp3) is 0.368. The van der Waals surface area contributed by atoms with Gasteiger partial charge in [-0.3, -0.25) is 9.48 Å². The number of carbonyl (C=O) groups is 1. The molecular weight excluding hydrogens is 335 g/mol. The number of halogens is 1. The maximum absolute atomic E-state index is 13.4. The summed E-state index contributed by atoms with van der Waals surface area (Å²) < 4.78 is 20.8. The maximum atomic E-state index is 13.4. The number of aryl methyl sites for hydroxylation is 1. The molecule has 3 aromatic rings. The molecule has 6 nitrogen and oxygen atoms in total. The average Bonchev–Trinajstić information content (AvgIpc) is 3.20. The van der Waals surface area contributed by atoms with Gasteiger partial charge in [0.25, 0.3) is 5.91 Å². The predicted molar refractivity (Wildman–Crippen MR) is 98.9 cm³/mol. The van der Waals surface area contributed by atoms with Gasteiger partial charge in [-0.05, 0) is 38.2 Å². The molecule has 0 aliphatic rings. The predicted octanol–water partition coefficient (Wildman–Crippen LogP) is 3.67. The first-order valence-corrected chi connectivity index (χ1v) is 8.76. The summed E-state index contributed by atoms with van der Waals surface area (Å²) in [5.41, 5.74) is 1.70. The van der Waals surface area contributed by atoms with Crippen molar-refractivity contribution in [3.05, 3.63) is 47.7 Å². The Morgan fingerprint density at radius 2 is 2.12 bits per heavy atom. The Balaban J connectivity index is 1.70. The summed E-state index contributed by atoms with van der Waals surface area (Å²) in [6, 6.07) is 4.21. The summed E-state index contributed by atoms with van der Waals surface area (Å²) in [7, 11) is 0. The third kappa shape index (κ3) is 3.77. The molecule has 138 valence electrons. The number of nitrogens with zero attached hydrogens (tertiary/aromatic N) is 3. The van der Waals surface area contributed by atoms with Crippen LogP contribution in [0.4, 0.5) is 10.1 Å². The largest absolute Gasteiger partial charge is 0.451 e. The van der Waals surface area contributed by atoms with E-state index in [-0.39, 0.29) is 17.5 Å². The van der Waals surface area contributed by atoms with Gasteiger partial charge in [-0.25, -0.2) is 4.39 Å². The Morgan fingerprint density at radius 3 is 2.85 bits per heavy atom. The van der Waals surface area contributed by atoms with E-state index in [2.05, 4.69) is 29.2 Å². The van der Waals surface area contributed by atoms with Gasteiger partial charge < -0.3 is 14.6 Å². The van der Waals surface area contributed by atoms with Gasteiger partial charge in [0.1, 0.15) is 11.4 Å². The highest BCUT2D eigenvalue weighted by atomic mass is 19.1. The van der Waals surface area contributed by atoms with Crippen LogP contribution in [0, 0.1) is 12.7 Å². The number of nitrogens with one attached hydrogen (secondary N) is 1. The second-order valence-corrected chi connectivity index (χ2v) is 6.17. The van der Waals surface area contributed by atoms with Gasteiger partial charge in [-0.2, -0.15) is 5.10 Å². The highest BCUT2D eigenvalue weighted by molar-refractivity contribution is 6.06. The van der Waals surface area contributed by atoms with E-state index >= 15 is 0 Å². The molecule has 0 atom stereocenters. The van der Waals surface area contributed by atoms with Crippen LogP contribution in [-0.4, -0.2) is 40.2 Å². The molecule has 1 aromatic carbocycles. The van der Waals surface area contributed by atoms with Crippen molar-refractivity contribution in [2.45, 2.75) is 27.3 Å². The number of rotatable bonds is 7. The maximum Gasteiger partial charge on any atom is 0.291 e. The number of amides is 1. The molecule has 1 amide bonds. The fourth-order valence-electron chi connectivity index (χ4n) is 2.93. The molecule has 0 radical (unpaired) electrons. The van der Waals surface area contributed by atoms with E-state index < -0.39 is 0 Å². The van der Waals surface area contributed by atoms with Crippen LogP contribution in [0.15, 0.2) is 35.0 Å².